The second kappa shape index (κ2) is 15.6. The van der Waals surface area contributed by atoms with E-state index in [-0.39, 0.29) is 33.9 Å². The molecule has 15 heteroatoms. The Morgan fingerprint density at radius 3 is 2.11 bits per heavy atom. The highest BCUT2D eigenvalue weighted by atomic mass is 32.2. The molecule has 282 valence electrons. The number of amides is 3. The molecule has 0 bridgehead atoms. The number of rotatable bonds is 12. The maximum atomic E-state index is 14.3. The van der Waals surface area contributed by atoms with Crippen molar-refractivity contribution in [2.45, 2.75) is 29.9 Å². The first-order chi connectivity index (χ1) is 27.3. The van der Waals surface area contributed by atoms with Crippen LogP contribution in [-0.4, -0.2) is 68.1 Å². The number of aliphatic carboxylic acids is 1. The summed E-state index contributed by atoms with van der Waals surface area (Å²) in [5, 5.41) is 23.7. The number of anilines is 1. The van der Waals surface area contributed by atoms with Crippen LogP contribution in [0.15, 0.2) is 141 Å². The molecular formula is C41H34N6O6S3. The molecule has 2 saturated heterocycles. The van der Waals surface area contributed by atoms with Gasteiger partial charge in [-0.2, -0.15) is 0 Å². The largest absolute Gasteiger partial charge is 0.477 e. The van der Waals surface area contributed by atoms with Gasteiger partial charge in [-0.3, -0.25) is 19.3 Å². The Hall–Kier alpha value is -6.03. The van der Waals surface area contributed by atoms with Gasteiger partial charge in [-0.15, -0.1) is 34.4 Å². The molecule has 5 aromatic rings. The molecule has 56 heavy (non-hydrogen) atoms. The number of benzene rings is 3. The lowest BCUT2D eigenvalue weighted by atomic mass is 9.80. The molecule has 5 N–H and O–H groups in total. The minimum atomic E-state index is -1.32. The molecule has 0 aliphatic carbocycles. The van der Waals surface area contributed by atoms with Crippen LogP contribution in [0.25, 0.3) is 0 Å². The fourth-order valence-corrected chi connectivity index (χ4v) is 9.89. The minimum Gasteiger partial charge on any atom is -0.477 e. The van der Waals surface area contributed by atoms with Crippen molar-refractivity contribution in [3.63, 3.8) is 0 Å². The predicted octanol–water partition coefficient (Wildman–Crippen LogP) is 5.30. The van der Waals surface area contributed by atoms with E-state index in [9.17, 15) is 24.3 Å². The van der Waals surface area contributed by atoms with E-state index in [1.165, 1.54) is 28.0 Å². The highest BCUT2D eigenvalue weighted by Crippen LogP contribution is 2.44. The van der Waals surface area contributed by atoms with Crippen molar-refractivity contribution in [3.8, 4) is 0 Å². The van der Waals surface area contributed by atoms with Gasteiger partial charge in [0.05, 0.1) is 0 Å². The monoisotopic (exact) mass is 802 g/mol. The number of carbonyl (C=O) groups excluding carboxylic acids is 3. The third kappa shape index (κ3) is 6.78. The van der Waals surface area contributed by atoms with Crippen LogP contribution in [0.1, 0.15) is 33.7 Å². The van der Waals surface area contributed by atoms with Crippen molar-refractivity contribution in [2.24, 2.45) is 5.16 Å². The van der Waals surface area contributed by atoms with E-state index in [1.54, 1.807) is 5.38 Å². The third-order valence-corrected chi connectivity index (χ3v) is 12.7. The normalized spacial score (nSPS) is 19.2. The van der Waals surface area contributed by atoms with Crippen molar-refractivity contribution >= 4 is 69.0 Å². The number of thioether (sulfide) groups is 1. The summed E-state index contributed by atoms with van der Waals surface area (Å²) >= 11 is 3.94. The number of thiophene rings is 1. The Morgan fingerprint density at radius 1 is 0.946 bits per heavy atom. The molecular weight excluding hydrogens is 769 g/mol. The van der Waals surface area contributed by atoms with Gasteiger partial charge in [-0.1, -0.05) is 102 Å². The average molecular weight is 803 g/mol. The molecule has 0 radical (unpaired) electrons. The van der Waals surface area contributed by atoms with Crippen molar-refractivity contribution in [1.82, 2.24) is 20.5 Å². The summed E-state index contributed by atoms with van der Waals surface area (Å²) in [7, 11) is 0. The molecule has 8 rings (SSSR count). The molecule has 2 aromatic heterocycles. The standard InChI is InChI=1S/C41H34N6O6S3/c42-40-44-31(23-56-40)32(46-53-41(24-11-4-1-5-12-24,25-13-6-2-7-14-25)26-15-8-3-9-16-26)36(49)45-33-37(50)47-34(39(51)52)30(22-55-38(33)47)29(21-27-17-10-20-54-27)28-18-19-43-35(28)48/h1-17,20,23,33,38H,18-19,21-22H2,(H2,42,44)(H,43,48)(H,45,49)(H,51,52)/b29-28+,46-32-/t33-,38-/m1/s1. The Bertz CT molecular complexity index is 2300. The quantitative estimate of drug-likeness (QED) is 0.0429. The summed E-state index contributed by atoms with van der Waals surface area (Å²) in [6.45, 7) is 0.450. The minimum absolute atomic E-state index is 0.140. The number of carbonyl (C=O) groups is 4. The van der Waals surface area contributed by atoms with Crippen LogP contribution < -0.4 is 16.4 Å². The van der Waals surface area contributed by atoms with Crippen LogP contribution in [0.3, 0.4) is 0 Å². The van der Waals surface area contributed by atoms with E-state index in [2.05, 4.69) is 20.8 Å². The van der Waals surface area contributed by atoms with Crippen LogP contribution in [-0.2, 0) is 36.0 Å². The second-order valence-corrected chi connectivity index (χ2v) is 16.1. The number of nitrogens with one attached hydrogen (secondary N) is 2. The van der Waals surface area contributed by atoms with Gasteiger partial charge in [0.15, 0.2) is 10.8 Å². The highest BCUT2D eigenvalue weighted by Gasteiger charge is 2.55. The first-order valence-electron chi connectivity index (χ1n) is 17.7. The number of thiazole rings is 1. The predicted molar refractivity (Wildman–Crippen MR) is 216 cm³/mol. The fourth-order valence-electron chi connectivity index (χ4n) is 7.24. The number of β-lactam (4-membered cyclic amide) rings is 1. The third-order valence-electron chi connectivity index (χ3n) is 9.85. The summed E-state index contributed by atoms with van der Waals surface area (Å²) in [6, 6.07) is 31.3. The number of hydrogen-bond donors (Lipinski definition) is 4. The molecule has 3 aliphatic rings. The zero-order valence-corrected chi connectivity index (χ0v) is 32.0. The molecule has 3 aliphatic heterocycles. The Balaban J connectivity index is 1.14. The number of nitrogens with two attached hydrogens (primary N) is 1. The van der Waals surface area contributed by atoms with Gasteiger partial charge in [0.1, 0.15) is 22.8 Å². The molecule has 0 spiro atoms. The number of aromatic nitrogens is 1. The van der Waals surface area contributed by atoms with Gasteiger partial charge in [-0.05, 0) is 29.0 Å². The molecule has 0 saturated carbocycles. The first kappa shape index (κ1) is 36.9. The number of nitrogens with zero attached hydrogens (tertiary/aromatic N) is 3. The molecule has 2 fully saturated rings. The van der Waals surface area contributed by atoms with E-state index in [0.29, 0.717) is 36.1 Å². The second-order valence-electron chi connectivity index (χ2n) is 13.1. The number of oxime groups is 1. The Kier molecular flexibility index (Phi) is 10.3. The zero-order valence-electron chi connectivity index (χ0n) is 29.6. The highest BCUT2D eigenvalue weighted by molar-refractivity contribution is 8.00. The van der Waals surface area contributed by atoms with Crippen LogP contribution in [0.2, 0.25) is 0 Å². The lowest BCUT2D eigenvalue weighted by molar-refractivity contribution is -0.150. The van der Waals surface area contributed by atoms with Crippen molar-refractivity contribution in [3.05, 3.63) is 164 Å². The maximum Gasteiger partial charge on any atom is 0.352 e. The molecule has 3 aromatic carbocycles. The zero-order chi connectivity index (χ0) is 38.8. The number of allylic oxidation sites excluding steroid dienone is 1. The number of carboxylic acid groups (broad SMARTS) is 1. The number of nitrogen functional groups attached to an aromatic ring is 1. The van der Waals surface area contributed by atoms with Crippen molar-refractivity contribution in [1.29, 1.82) is 0 Å². The lowest BCUT2D eigenvalue weighted by Gasteiger charge is -2.49. The van der Waals surface area contributed by atoms with Crippen molar-refractivity contribution < 1.29 is 29.1 Å². The van der Waals surface area contributed by atoms with Crippen molar-refractivity contribution in [2.75, 3.05) is 18.0 Å². The smallest absolute Gasteiger partial charge is 0.352 e. The van der Waals surface area contributed by atoms with Crippen LogP contribution >= 0.6 is 34.4 Å². The number of carboxylic acids is 1. The molecule has 2 atom stereocenters. The van der Waals surface area contributed by atoms with Gasteiger partial charge in [0, 0.05) is 51.2 Å². The van der Waals surface area contributed by atoms with Crippen LogP contribution in [0.5, 0.6) is 0 Å². The molecule has 12 nitrogen and oxygen atoms in total. The van der Waals surface area contributed by atoms with Crippen LogP contribution in [0, 0.1) is 0 Å². The Labute approximate surface area is 333 Å². The fraction of sp³-hybridized carbons (Fsp3) is 0.171. The summed E-state index contributed by atoms with van der Waals surface area (Å²) in [6.07, 6.45) is 0.801. The Morgan fingerprint density at radius 2 is 1.59 bits per heavy atom. The average Bonchev–Trinajstić information content (AvgIpc) is 4.01. The van der Waals surface area contributed by atoms with E-state index >= 15 is 0 Å². The summed E-state index contributed by atoms with van der Waals surface area (Å²) < 4.78 is 0. The van der Waals surface area contributed by atoms with Gasteiger partial charge in [0.2, 0.25) is 11.5 Å². The van der Waals surface area contributed by atoms with E-state index in [1.807, 2.05) is 109 Å². The molecule has 0 unspecified atom stereocenters. The van der Waals surface area contributed by atoms with Gasteiger partial charge in [-0.25, -0.2) is 9.78 Å². The first-order valence-corrected chi connectivity index (χ1v) is 20.5. The summed E-state index contributed by atoms with van der Waals surface area (Å²) in [5.74, 6) is -2.69. The van der Waals surface area contributed by atoms with Gasteiger partial charge >= 0.3 is 5.97 Å². The number of fused-ring (bicyclic) bond motifs is 1. The number of hydrogen-bond acceptors (Lipinski definition) is 11. The SMILES string of the molecule is Nc1nc(/C(=N/OC(c2ccccc2)(c2ccccc2)c2ccccc2)C(=O)N[C@@H]2C(=O)N3C(C(=O)O)=C(/C(Cc4cccs4)=C4\CCNC4=O)CS[C@H]23)cs1. The van der Waals surface area contributed by atoms with E-state index in [4.69, 9.17) is 10.6 Å². The van der Waals surface area contributed by atoms with Gasteiger partial charge < -0.3 is 26.3 Å². The van der Waals surface area contributed by atoms with E-state index in [0.717, 1.165) is 32.9 Å². The maximum absolute atomic E-state index is 14.3. The van der Waals surface area contributed by atoms with Crippen LogP contribution in [0.4, 0.5) is 5.13 Å². The molecule has 3 amide bonds. The lowest BCUT2D eigenvalue weighted by Crippen LogP contribution is -2.71. The van der Waals surface area contributed by atoms with E-state index < -0.39 is 34.8 Å². The van der Waals surface area contributed by atoms with Gasteiger partial charge in [0.25, 0.3) is 11.8 Å². The molecule has 5 heterocycles. The topological polar surface area (TPSA) is 176 Å². The summed E-state index contributed by atoms with van der Waals surface area (Å²) in [5.41, 5.74) is 8.22. The summed E-state index contributed by atoms with van der Waals surface area (Å²) in [4.78, 5) is 67.2.